The average molecular weight is 423 g/mol. The molecule has 6 nitrogen and oxygen atoms in total. The number of anilines is 1. The molecule has 3 aromatic rings. The molecule has 0 aliphatic heterocycles. The van der Waals surface area contributed by atoms with E-state index in [1.165, 1.54) is 6.08 Å². The Morgan fingerprint density at radius 3 is 2.47 bits per heavy atom. The molecule has 0 fully saturated rings. The summed E-state index contributed by atoms with van der Waals surface area (Å²) in [4.78, 5) is 12.5. The molecule has 1 N–H and O–H groups in total. The lowest BCUT2D eigenvalue weighted by Crippen LogP contribution is -2.13. The van der Waals surface area contributed by atoms with Gasteiger partial charge >= 0.3 is 0 Å². The van der Waals surface area contributed by atoms with Crippen LogP contribution in [0, 0.1) is 22.7 Å². The number of nitrogens with zero attached hydrogens (tertiary/aromatic N) is 2. The van der Waals surface area contributed by atoms with Crippen LogP contribution in [0.25, 0.3) is 6.08 Å². The summed E-state index contributed by atoms with van der Waals surface area (Å²) in [6, 6.07) is 25.3. The van der Waals surface area contributed by atoms with Gasteiger partial charge in [0.2, 0.25) is 0 Å². The Kier molecular flexibility index (Phi) is 7.62. The van der Waals surface area contributed by atoms with Crippen LogP contribution in [0.4, 0.5) is 5.69 Å². The standard InChI is InChI=1S/C26H21N3O3/c1-2-31-25-9-5-8-23(15-25)29-26(30)22(17-28)14-19-10-12-24(13-11-19)32-18-21-7-4-3-6-20(21)16-27/h3-15H,2,18H2,1H3,(H,29,30). The van der Waals surface area contributed by atoms with Gasteiger partial charge < -0.3 is 14.8 Å². The molecule has 0 radical (unpaired) electrons. The molecule has 0 aliphatic rings. The molecule has 6 heteroatoms. The molecule has 0 atom stereocenters. The molecule has 3 aromatic carbocycles. The summed E-state index contributed by atoms with van der Waals surface area (Å²) in [5, 5.41) is 21.3. The maximum atomic E-state index is 12.5. The number of nitrogens with one attached hydrogen (secondary N) is 1. The van der Waals surface area contributed by atoms with Crippen LogP contribution in [0.1, 0.15) is 23.6 Å². The van der Waals surface area contributed by atoms with E-state index in [1.54, 1.807) is 54.6 Å². The van der Waals surface area contributed by atoms with Crippen LogP contribution in [0.5, 0.6) is 11.5 Å². The molecule has 0 spiro atoms. The Hall–Kier alpha value is -4.55. The Balaban J connectivity index is 1.66. The second kappa shape index (κ2) is 11.0. The van der Waals surface area contributed by atoms with Gasteiger partial charge in [-0.1, -0.05) is 36.4 Å². The maximum Gasteiger partial charge on any atom is 0.266 e. The van der Waals surface area contributed by atoms with Crippen LogP contribution in [0.3, 0.4) is 0 Å². The van der Waals surface area contributed by atoms with Crippen molar-refractivity contribution in [1.29, 1.82) is 10.5 Å². The Labute approximate surface area is 186 Å². The van der Waals surface area contributed by atoms with Crippen LogP contribution in [-0.2, 0) is 11.4 Å². The minimum Gasteiger partial charge on any atom is -0.494 e. The van der Waals surface area contributed by atoms with Crippen molar-refractivity contribution in [2.24, 2.45) is 0 Å². The number of rotatable bonds is 8. The highest BCUT2D eigenvalue weighted by Crippen LogP contribution is 2.20. The molecule has 32 heavy (non-hydrogen) atoms. The molecule has 0 saturated carbocycles. The fourth-order valence-corrected chi connectivity index (χ4v) is 2.92. The first-order chi connectivity index (χ1) is 15.6. The third-order valence-corrected chi connectivity index (χ3v) is 4.49. The van der Waals surface area contributed by atoms with Crippen LogP contribution in [-0.4, -0.2) is 12.5 Å². The number of ether oxygens (including phenoxy) is 2. The van der Waals surface area contributed by atoms with Gasteiger partial charge in [-0.05, 0) is 48.9 Å². The first-order valence-electron chi connectivity index (χ1n) is 10.00. The lowest BCUT2D eigenvalue weighted by atomic mass is 10.1. The van der Waals surface area contributed by atoms with E-state index < -0.39 is 5.91 Å². The normalized spacial score (nSPS) is 10.5. The van der Waals surface area contributed by atoms with Gasteiger partial charge in [0.05, 0.1) is 18.2 Å². The van der Waals surface area contributed by atoms with Crippen molar-refractivity contribution in [3.8, 4) is 23.6 Å². The van der Waals surface area contributed by atoms with Crippen LogP contribution in [0.2, 0.25) is 0 Å². The van der Waals surface area contributed by atoms with Crippen LogP contribution in [0.15, 0.2) is 78.4 Å². The van der Waals surface area contributed by atoms with Gasteiger partial charge in [-0.2, -0.15) is 10.5 Å². The minimum atomic E-state index is -0.505. The second-order valence-electron chi connectivity index (χ2n) is 6.71. The number of benzene rings is 3. The van der Waals surface area contributed by atoms with Crippen molar-refractivity contribution in [3.05, 3.63) is 95.1 Å². The van der Waals surface area contributed by atoms with E-state index in [9.17, 15) is 10.1 Å². The van der Waals surface area contributed by atoms with Crippen molar-refractivity contribution in [2.45, 2.75) is 13.5 Å². The number of carbonyl (C=O) groups excluding carboxylic acids is 1. The second-order valence-corrected chi connectivity index (χ2v) is 6.71. The summed E-state index contributed by atoms with van der Waals surface area (Å²) >= 11 is 0. The predicted octanol–water partition coefficient (Wildman–Crippen LogP) is 5.08. The van der Waals surface area contributed by atoms with Crippen molar-refractivity contribution < 1.29 is 14.3 Å². The maximum absolute atomic E-state index is 12.5. The SMILES string of the molecule is CCOc1cccc(NC(=O)C(C#N)=Cc2ccc(OCc3ccccc3C#N)cc2)c1. The van der Waals surface area contributed by atoms with E-state index in [-0.39, 0.29) is 12.2 Å². The predicted molar refractivity (Wildman–Crippen MR) is 122 cm³/mol. The van der Waals surface area contributed by atoms with Crippen molar-refractivity contribution in [1.82, 2.24) is 0 Å². The van der Waals surface area contributed by atoms with E-state index in [2.05, 4.69) is 11.4 Å². The van der Waals surface area contributed by atoms with Gasteiger partial charge in [-0.3, -0.25) is 4.79 Å². The Bertz CT molecular complexity index is 1200. The summed E-state index contributed by atoms with van der Waals surface area (Å²) in [6.45, 7) is 2.67. The van der Waals surface area contributed by atoms with Crippen LogP contribution >= 0.6 is 0 Å². The molecule has 0 heterocycles. The van der Waals surface area contributed by atoms with Crippen LogP contribution < -0.4 is 14.8 Å². The minimum absolute atomic E-state index is 0.0246. The summed E-state index contributed by atoms with van der Waals surface area (Å²) in [5.74, 6) is 0.751. The van der Waals surface area contributed by atoms with Crippen molar-refractivity contribution in [2.75, 3.05) is 11.9 Å². The molecule has 0 bridgehead atoms. The van der Waals surface area contributed by atoms with Gasteiger partial charge in [-0.25, -0.2) is 0 Å². The highest BCUT2D eigenvalue weighted by molar-refractivity contribution is 6.09. The summed E-state index contributed by atoms with van der Waals surface area (Å²) in [7, 11) is 0. The highest BCUT2D eigenvalue weighted by Gasteiger charge is 2.10. The zero-order chi connectivity index (χ0) is 22.8. The van der Waals surface area contributed by atoms with E-state index in [1.807, 2.05) is 31.2 Å². The third-order valence-electron chi connectivity index (χ3n) is 4.49. The summed E-state index contributed by atoms with van der Waals surface area (Å²) in [6.07, 6.45) is 1.51. The largest absolute Gasteiger partial charge is 0.494 e. The van der Waals surface area contributed by atoms with Crippen molar-refractivity contribution >= 4 is 17.7 Å². The smallest absolute Gasteiger partial charge is 0.266 e. The van der Waals surface area contributed by atoms with Gasteiger partial charge in [-0.15, -0.1) is 0 Å². The monoisotopic (exact) mass is 423 g/mol. The topological polar surface area (TPSA) is 95.1 Å². The van der Waals surface area contributed by atoms with Gasteiger partial charge in [0, 0.05) is 17.3 Å². The number of nitriles is 2. The first kappa shape index (κ1) is 22.1. The lowest BCUT2D eigenvalue weighted by Gasteiger charge is -2.08. The third kappa shape index (κ3) is 5.98. The molecule has 158 valence electrons. The summed E-state index contributed by atoms with van der Waals surface area (Å²) < 4.78 is 11.2. The summed E-state index contributed by atoms with van der Waals surface area (Å²) in [5.41, 5.74) is 2.58. The zero-order valence-electron chi connectivity index (χ0n) is 17.5. The first-order valence-corrected chi connectivity index (χ1v) is 10.00. The molecule has 3 rings (SSSR count). The molecule has 0 saturated heterocycles. The fraction of sp³-hybridized carbons (Fsp3) is 0.115. The molecule has 0 unspecified atom stereocenters. The van der Waals surface area contributed by atoms with E-state index >= 15 is 0 Å². The number of amides is 1. The van der Waals surface area contributed by atoms with Gasteiger partial charge in [0.15, 0.2) is 0 Å². The van der Waals surface area contributed by atoms with E-state index in [4.69, 9.17) is 14.7 Å². The molecule has 0 aliphatic carbocycles. The molecule has 1 amide bonds. The van der Waals surface area contributed by atoms with E-state index in [0.717, 1.165) is 5.56 Å². The quantitative estimate of drug-likeness (QED) is 0.403. The molecule has 0 aromatic heterocycles. The Morgan fingerprint density at radius 2 is 1.75 bits per heavy atom. The number of hydrogen-bond donors (Lipinski definition) is 1. The number of hydrogen-bond acceptors (Lipinski definition) is 5. The van der Waals surface area contributed by atoms with Gasteiger partial charge in [0.25, 0.3) is 5.91 Å². The average Bonchev–Trinajstić information content (AvgIpc) is 2.82. The fourth-order valence-electron chi connectivity index (χ4n) is 2.92. The highest BCUT2D eigenvalue weighted by atomic mass is 16.5. The van der Waals surface area contributed by atoms with E-state index in [0.29, 0.717) is 34.9 Å². The number of carbonyl (C=O) groups is 1. The zero-order valence-corrected chi connectivity index (χ0v) is 17.5. The Morgan fingerprint density at radius 1 is 0.969 bits per heavy atom. The molecular weight excluding hydrogens is 402 g/mol. The lowest BCUT2D eigenvalue weighted by molar-refractivity contribution is -0.112. The van der Waals surface area contributed by atoms with Gasteiger partial charge in [0.1, 0.15) is 29.7 Å². The molecular formula is C26H21N3O3. The van der Waals surface area contributed by atoms with Crippen molar-refractivity contribution in [3.63, 3.8) is 0 Å².